The van der Waals surface area contributed by atoms with Crippen LogP contribution in [0.2, 0.25) is 0 Å². The second-order valence-electron chi connectivity index (χ2n) is 12.1. The molecule has 0 spiro atoms. The SMILES string of the molecule is CC(C)CN=C(N)Nc1cc(N(C)C)c2c(c1O)C(=O)C1C(=O)[C@@]3(O)C(=O)C(C(N)=O)C(=O)[C@H](N(C)C)[C@H]3C[C@H]1C2. The highest BCUT2D eigenvalue weighted by atomic mass is 16.3. The summed E-state index contributed by atoms with van der Waals surface area (Å²) < 4.78 is 0. The number of aliphatic imine (C=N–C) groups is 1. The number of likely N-dealkylation sites (N-methyl/N-ethyl adjacent to an activating group) is 1. The summed E-state index contributed by atoms with van der Waals surface area (Å²) in [6, 6.07) is 0.479. The third-order valence-electron chi connectivity index (χ3n) is 8.41. The molecule has 41 heavy (non-hydrogen) atoms. The predicted octanol–water partition coefficient (Wildman–Crippen LogP) is -0.684. The zero-order chi connectivity index (χ0) is 30.7. The number of primary amides is 1. The molecule has 7 N–H and O–H groups in total. The highest BCUT2D eigenvalue weighted by Gasteiger charge is 2.69. The number of rotatable bonds is 6. The fourth-order valence-corrected chi connectivity index (χ4v) is 6.60. The van der Waals surface area contributed by atoms with Crippen LogP contribution >= 0.6 is 0 Å². The van der Waals surface area contributed by atoms with E-state index in [1.165, 1.54) is 4.90 Å². The number of hydrogen-bond acceptors (Lipinski definition) is 10. The van der Waals surface area contributed by atoms with Gasteiger partial charge in [-0.1, -0.05) is 13.8 Å². The predicted molar refractivity (Wildman–Crippen MR) is 151 cm³/mol. The van der Waals surface area contributed by atoms with Crippen LogP contribution in [-0.4, -0.2) is 96.5 Å². The average molecular weight is 571 g/mol. The van der Waals surface area contributed by atoms with Crippen LogP contribution in [0.5, 0.6) is 5.75 Å². The quantitative estimate of drug-likeness (QED) is 0.125. The van der Waals surface area contributed by atoms with Gasteiger partial charge in [0.15, 0.2) is 40.6 Å². The number of anilines is 2. The number of fused-ring (bicyclic) bond motifs is 3. The van der Waals surface area contributed by atoms with Crippen LogP contribution in [0.25, 0.3) is 0 Å². The Hall–Kier alpha value is -3.84. The number of nitrogens with zero attached hydrogens (tertiary/aromatic N) is 3. The summed E-state index contributed by atoms with van der Waals surface area (Å²) >= 11 is 0. The van der Waals surface area contributed by atoms with E-state index in [0.717, 1.165) is 0 Å². The lowest BCUT2D eigenvalue weighted by molar-refractivity contribution is -0.181. The summed E-state index contributed by atoms with van der Waals surface area (Å²) in [5.74, 6) is -10.8. The number of carbonyl (C=O) groups excluding carboxylic acids is 5. The third-order valence-corrected chi connectivity index (χ3v) is 8.41. The molecule has 2 fully saturated rings. The fourth-order valence-electron chi connectivity index (χ4n) is 6.60. The number of carbonyl (C=O) groups is 5. The maximum absolute atomic E-state index is 14.0. The van der Waals surface area contributed by atoms with Gasteiger partial charge in [-0.15, -0.1) is 0 Å². The Morgan fingerprint density at radius 2 is 1.78 bits per heavy atom. The van der Waals surface area contributed by atoms with E-state index in [0.29, 0.717) is 17.8 Å². The molecule has 0 bridgehead atoms. The first-order chi connectivity index (χ1) is 19.0. The van der Waals surface area contributed by atoms with Gasteiger partial charge in [-0.25, -0.2) is 0 Å². The van der Waals surface area contributed by atoms with E-state index >= 15 is 0 Å². The fraction of sp³-hybridized carbons (Fsp3) is 0.571. The summed E-state index contributed by atoms with van der Waals surface area (Å²) in [7, 11) is 6.61. The molecule has 4 rings (SSSR count). The van der Waals surface area contributed by atoms with Crippen LogP contribution in [0.1, 0.15) is 36.2 Å². The standard InChI is InChI=1S/C28H38N6O7/c1-11(2)10-31-27(30)32-15-9-16(33(3)4)13-7-12-8-14-20(34(5)6)23(37)19(26(29)40)25(39)28(14,41)24(38)17(12)22(36)18(13)21(15)35/h9,11-12,14,17,19-20,35,41H,7-8,10H2,1-6H3,(H2,29,40)(H3,30,31,32)/t12-,14-,17?,19?,20-,28-/m1/s1. The Morgan fingerprint density at radius 3 is 2.32 bits per heavy atom. The van der Waals surface area contributed by atoms with Crippen molar-refractivity contribution in [2.45, 2.75) is 38.3 Å². The molecule has 3 aliphatic carbocycles. The summed E-state index contributed by atoms with van der Waals surface area (Å²) in [4.78, 5) is 74.3. The van der Waals surface area contributed by atoms with Crippen molar-refractivity contribution in [2.75, 3.05) is 45.0 Å². The lowest BCUT2D eigenvalue weighted by Gasteiger charge is -2.52. The summed E-state index contributed by atoms with van der Waals surface area (Å²) in [6.45, 7) is 4.36. The van der Waals surface area contributed by atoms with Crippen LogP contribution in [0.15, 0.2) is 11.1 Å². The largest absolute Gasteiger partial charge is 0.505 e. The van der Waals surface area contributed by atoms with Crippen LogP contribution in [-0.2, 0) is 25.6 Å². The van der Waals surface area contributed by atoms with Gasteiger partial charge in [0, 0.05) is 32.2 Å². The van der Waals surface area contributed by atoms with E-state index in [-0.39, 0.29) is 36.0 Å². The van der Waals surface area contributed by atoms with Gasteiger partial charge in [0.1, 0.15) is 5.75 Å². The van der Waals surface area contributed by atoms with Crippen molar-refractivity contribution >= 4 is 46.4 Å². The Morgan fingerprint density at radius 1 is 1.15 bits per heavy atom. The second-order valence-corrected chi connectivity index (χ2v) is 12.1. The number of ketones is 4. The molecule has 0 aromatic heterocycles. The van der Waals surface area contributed by atoms with E-state index in [4.69, 9.17) is 11.5 Å². The van der Waals surface area contributed by atoms with E-state index in [1.54, 1.807) is 39.2 Å². The number of amides is 1. The van der Waals surface area contributed by atoms with E-state index in [1.807, 2.05) is 13.8 Å². The molecule has 13 nitrogen and oxygen atoms in total. The first kappa shape index (κ1) is 30.1. The number of nitrogens with two attached hydrogens (primary N) is 2. The van der Waals surface area contributed by atoms with E-state index in [2.05, 4.69) is 10.3 Å². The summed E-state index contributed by atoms with van der Waals surface area (Å²) in [5.41, 5.74) is 9.66. The smallest absolute Gasteiger partial charge is 0.235 e. The summed E-state index contributed by atoms with van der Waals surface area (Å²) in [5, 5.41) is 25.8. The van der Waals surface area contributed by atoms with Crippen LogP contribution in [0, 0.1) is 29.6 Å². The molecule has 6 atom stereocenters. The molecule has 13 heteroatoms. The van der Waals surface area contributed by atoms with Crippen molar-refractivity contribution in [2.24, 2.45) is 46.0 Å². The number of nitrogens with one attached hydrogen (secondary N) is 1. The molecule has 0 heterocycles. The maximum Gasteiger partial charge on any atom is 0.235 e. The van der Waals surface area contributed by atoms with Crippen LogP contribution in [0.3, 0.4) is 0 Å². The highest BCUT2D eigenvalue weighted by molar-refractivity contribution is 6.32. The normalized spacial score (nSPS) is 29.8. The lowest BCUT2D eigenvalue weighted by atomic mass is 9.52. The van der Waals surface area contributed by atoms with Gasteiger partial charge in [-0.3, -0.25) is 33.9 Å². The minimum Gasteiger partial charge on any atom is -0.505 e. The zero-order valence-electron chi connectivity index (χ0n) is 24.1. The van der Waals surface area contributed by atoms with Crippen LogP contribution < -0.4 is 21.7 Å². The molecule has 2 saturated carbocycles. The van der Waals surface area contributed by atoms with Gasteiger partial charge in [-0.2, -0.15) is 0 Å². The van der Waals surface area contributed by atoms with Crippen LogP contribution in [0.4, 0.5) is 11.4 Å². The van der Waals surface area contributed by atoms with Crippen molar-refractivity contribution in [3.8, 4) is 5.75 Å². The van der Waals surface area contributed by atoms with Gasteiger partial charge in [0.2, 0.25) is 5.91 Å². The molecule has 2 unspecified atom stereocenters. The van der Waals surface area contributed by atoms with Crippen molar-refractivity contribution in [1.29, 1.82) is 0 Å². The van der Waals surface area contributed by atoms with E-state index in [9.17, 15) is 34.2 Å². The van der Waals surface area contributed by atoms with Gasteiger partial charge < -0.3 is 31.9 Å². The minimum atomic E-state index is -2.78. The molecule has 0 radical (unpaired) electrons. The number of phenols is 1. The number of aromatic hydroxyl groups is 1. The minimum absolute atomic E-state index is 0.0215. The zero-order valence-corrected chi connectivity index (χ0v) is 24.1. The van der Waals surface area contributed by atoms with E-state index < -0.39 is 70.1 Å². The van der Waals surface area contributed by atoms with Crippen molar-refractivity contribution < 1.29 is 34.2 Å². The molecule has 222 valence electrons. The first-order valence-corrected chi connectivity index (χ1v) is 13.5. The van der Waals surface area contributed by atoms with Gasteiger partial charge >= 0.3 is 0 Å². The lowest BCUT2D eigenvalue weighted by Crippen LogP contribution is -2.74. The topological polar surface area (TPSA) is 209 Å². The van der Waals surface area contributed by atoms with Gasteiger partial charge in [-0.05, 0) is 50.4 Å². The Kier molecular flexibility index (Phi) is 7.74. The Balaban J connectivity index is 1.85. The number of phenolic OH excluding ortho intramolecular Hbond substituents is 1. The van der Waals surface area contributed by atoms with Gasteiger partial charge in [0.05, 0.1) is 23.2 Å². The molecular weight excluding hydrogens is 532 g/mol. The number of guanidine groups is 1. The Labute approximate surface area is 237 Å². The second kappa shape index (κ2) is 10.5. The molecular formula is C28H38N6O7. The molecule has 3 aliphatic rings. The third kappa shape index (κ3) is 4.66. The summed E-state index contributed by atoms with van der Waals surface area (Å²) in [6.07, 6.45) is 0.135. The highest BCUT2D eigenvalue weighted by Crippen LogP contribution is 2.52. The van der Waals surface area contributed by atoms with Crippen molar-refractivity contribution in [3.05, 3.63) is 17.2 Å². The van der Waals surface area contributed by atoms with Crippen molar-refractivity contribution in [3.63, 3.8) is 0 Å². The number of Topliss-reactive ketones (excluding diaryl/α,β-unsaturated/α-hetero) is 4. The number of aliphatic hydroxyl groups is 1. The van der Waals surface area contributed by atoms with Gasteiger partial charge in [0.25, 0.3) is 0 Å². The number of hydrogen-bond donors (Lipinski definition) is 5. The average Bonchev–Trinajstić information content (AvgIpc) is 2.85. The monoisotopic (exact) mass is 570 g/mol. The molecule has 1 aromatic carbocycles. The van der Waals surface area contributed by atoms with Crippen molar-refractivity contribution in [1.82, 2.24) is 4.90 Å². The molecule has 0 aliphatic heterocycles. The number of benzene rings is 1. The Bertz CT molecular complexity index is 1370. The molecule has 1 amide bonds. The molecule has 0 saturated heterocycles. The first-order valence-electron chi connectivity index (χ1n) is 13.5. The molecule has 1 aromatic rings. The maximum atomic E-state index is 14.0.